The minimum absolute atomic E-state index is 0.259. The highest BCUT2D eigenvalue weighted by molar-refractivity contribution is 9.11. The third kappa shape index (κ3) is 6.13. The van der Waals surface area contributed by atoms with Crippen molar-refractivity contribution >= 4 is 92.4 Å². The Labute approximate surface area is 247 Å². The number of nitrogens with zero attached hydrogens (tertiary/aromatic N) is 3. The van der Waals surface area contributed by atoms with Crippen molar-refractivity contribution in [2.24, 2.45) is 5.10 Å². The SMILES string of the molecule is CC(C)(C)c1nc2ccc(Br)cc2c(=O)n1N=Cc1cc(Cl)cc(Br)c1OCc1ccc(Br)cc1Br. The number of hydrogen-bond acceptors (Lipinski definition) is 4. The van der Waals surface area contributed by atoms with Crippen LogP contribution in [0.15, 0.2) is 76.3 Å². The van der Waals surface area contributed by atoms with E-state index in [4.69, 9.17) is 21.3 Å². The van der Waals surface area contributed by atoms with Gasteiger partial charge in [-0.1, -0.05) is 86.2 Å². The van der Waals surface area contributed by atoms with Crippen LogP contribution in [0.2, 0.25) is 5.02 Å². The van der Waals surface area contributed by atoms with E-state index in [1.807, 2.05) is 51.1 Å². The standard InChI is InChI=1S/C26H20Br4ClN3O2/c1-26(2,3)25-33-22-7-6-16(27)9-19(22)24(35)34(25)32-12-15-8-18(31)11-21(30)23(15)36-13-14-4-5-17(28)10-20(14)29/h4-12H,13H2,1-3H3. The lowest BCUT2D eigenvalue weighted by Gasteiger charge is -2.21. The van der Waals surface area contributed by atoms with Crippen LogP contribution >= 0.6 is 75.3 Å². The Kier molecular flexibility index (Phi) is 8.46. The van der Waals surface area contributed by atoms with E-state index in [1.54, 1.807) is 24.4 Å². The van der Waals surface area contributed by atoms with Crippen molar-refractivity contribution in [3.63, 3.8) is 0 Å². The summed E-state index contributed by atoms with van der Waals surface area (Å²) >= 11 is 20.4. The normalized spacial score (nSPS) is 12.0. The number of halogens is 5. The molecule has 0 fully saturated rings. The van der Waals surface area contributed by atoms with Crippen LogP contribution in [0.25, 0.3) is 10.9 Å². The number of benzene rings is 3. The van der Waals surface area contributed by atoms with E-state index in [-0.39, 0.29) is 5.56 Å². The summed E-state index contributed by atoms with van der Waals surface area (Å²) in [7, 11) is 0. The molecule has 0 saturated carbocycles. The summed E-state index contributed by atoms with van der Waals surface area (Å²) in [6.45, 7) is 6.29. The molecule has 186 valence electrons. The average Bonchev–Trinajstić information content (AvgIpc) is 2.78. The second-order valence-corrected chi connectivity index (χ2v) is 13.0. The van der Waals surface area contributed by atoms with Crippen LogP contribution in [0.4, 0.5) is 0 Å². The Hall–Kier alpha value is -1.52. The average molecular weight is 762 g/mol. The van der Waals surface area contributed by atoms with Gasteiger partial charge in [0.1, 0.15) is 18.2 Å². The first-order chi connectivity index (χ1) is 16.9. The Morgan fingerprint density at radius 2 is 1.69 bits per heavy atom. The van der Waals surface area contributed by atoms with Crippen LogP contribution in [0, 0.1) is 0 Å². The molecule has 0 aliphatic heterocycles. The van der Waals surface area contributed by atoms with Crippen molar-refractivity contribution in [3.8, 4) is 5.75 Å². The summed E-state index contributed by atoms with van der Waals surface area (Å²) in [5.74, 6) is 1.10. The summed E-state index contributed by atoms with van der Waals surface area (Å²) in [6.07, 6.45) is 1.57. The first-order valence-electron chi connectivity index (χ1n) is 10.8. The smallest absolute Gasteiger partial charge is 0.282 e. The molecule has 1 heterocycles. The summed E-state index contributed by atoms with van der Waals surface area (Å²) in [6, 6.07) is 14.8. The van der Waals surface area contributed by atoms with Crippen molar-refractivity contribution in [3.05, 3.63) is 98.7 Å². The molecule has 0 spiro atoms. The van der Waals surface area contributed by atoms with E-state index in [9.17, 15) is 4.79 Å². The largest absolute Gasteiger partial charge is 0.487 e. The van der Waals surface area contributed by atoms with E-state index in [1.165, 1.54) is 4.68 Å². The Morgan fingerprint density at radius 3 is 2.39 bits per heavy atom. The van der Waals surface area contributed by atoms with Gasteiger partial charge in [0.15, 0.2) is 0 Å². The molecule has 5 nitrogen and oxygen atoms in total. The fourth-order valence-electron chi connectivity index (χ4n) is 3.48. The molecular weight excluding hydrogens is 741 g/mol. The van der Waals surface area contributed by atoms with Crippen molar-refractivity contribution in [1.29, 1.82) is 0 Å². The van der Waals surface area contributed by atoms with Gasteiger partial charge < -0.3 is 4.74 Å². The molecule has 10 heteroatoms. The third-order valence-corrected chi connectivity index (χ3v) is 7.75. The zero-order chi connectivity index (χ0) is 26.2. The minimum atomic E-state index is -0.431. The summed E-state index contributed by atoms with van der Waals surface area (Å²) in [5.41, 5.74) is 1.51. The van der Waals surface area contributed by atoms with Gasteiger partial charge in [-0.25, -0.2) is 4.98 Å². The van der Waals surface area contributed by atoms with Crippen LogP contribution in [0.5, 0.6) is 5.75 Å². The topological polar surface area (TPSA) is 56.5 Å². The maximum absolute atomic E-state index is 13.5. The Bertz CT molecular complexity index is 1560. The van der Waals surface area contributed by atoms with Crippen LogP contribution in [-0.4, -0.2) is 15.9 Å². The minimum Gasteiger partial charge on any atom is -0.487 e. The van der Waals surface area contributed by atoms with Gasteiger partial charge in [-0.2, -0.15) is 9.78 Å². The molecule has 0 aliphatic carbocycles. The summed E-state index contributed by atoms with van der Waals surface area (Å²) in [4.78, 5) is 18.2. The van der Waals surface area contributed by atoms with Crippen molar-refractivity contribution < 1.29 is 4.74 Å². The van der Waals surface area contributed by atoms with Crippen molar-refractivity contribution in [2.75, 3.05) is 0 Å². The second kappa shape index (κ2) is 11.1. The predicted octanol–water partition coefficient (Wildman–Crippen LogP) is 8.86. The van der Waals surface area contributed by atoms with Gasteiger partial charge in [-0.05, 0) is 58.4 Å². The van der Waals surface area contributed by atoms with Gasteiger partial charge in [0, 0.05) is 35.0 Å². The molecule has 1 aromatic heterocycles. The fourth-order valence-corrected chi connectivity index (χ4v) is 5.95. The van der Waals surface area contributed by atoms with Crippen LogP contribution in [0.1, 0.15) is 37.7 Å². The fraction of sp³-hybridized carbons (Fsp3) is 0.192. The van der Waals surface area contributed by atoms with Crippen LogP contribution in [0.3, 0.4) is 0 Å². The lowest BCUT2D eigenvalue weighted by atomic mass is 9.95. The van der Waals surface area contributed by atoms with Gasteiger partial charge in [0.2, 0.25) is 0 Å². The van der Waals surface area contributed by atoms with E-state index in [0.29, 0.717) is 44.1 Å². The molecule has 4 rings (SSSR count). The highest BCUT2D eigenvalue weighted by Gasteiger charge is 2.23. The quantitative estimate of drug-likeness (QED) is 0.191. The van der Waals surface area contributed by atoms with Gasteiger partial charge in [0.05, 0.1) is 21.6 Å². The van der Waals surface area contributed by atoms with Crippen molar-refractivity contribution in [1.82, 2.24) is 9.66 Å². The Morgan fingerprint density at radius 1 is 1.00 bits per heavy atom. The molecule has 36 heavy (non-hydrogen) atoms. The molecule has 3 aromatic carbocycles. The first kappa shape index (κ1) is 27.5. The molecule has 0 aliphatic rings. The monoisotopic (exact) mass is 757 g/mol. The summed E-state index contributed by atoms with van der Waals surface area (Å²) in [5, 5.41) is 5.55. The first-order valence-corrected chi connectivity index (χ1v) is 14.3. The van der Waals surface area contributed by atoms with Crippen LogP contribution < -0.4 is 10.3 Å². The lowest BCUT2D eigenvalue weighted by molar-refractivity contribution is 0.303. The molecule has 0 radical (unpaired) electrons. The number of hydrogen-bond donors (Lipinski definition) is 0. The molecule has 0 amide bonds. The molecule has 0 bridgehead atoms. The maximum Gasteiger partial charge on any atom is 0.282 e. The second-order valence-electron chi connectivity index (χ2n) is 9.04. The zero-order valence-corrected chi connectivity index (χ0v) is 26.6. The van der Waals surface area contributed by atoms with Crippen LogP contribution in [-0.2, 0) is 12.0 Å². The molecule has 4 aromatic rings. The summed E-state index contributed by atoms with van der Waals surface area (Å²) < 4.78 is 10.9. The highest BCUT2D eigenvalue weighted by Crippen LogP contribution is 2.33. The number of ether oxygens (including phenoxy) is 1. The molecule has 0 saturated heterocycles. The predicted molar refractivity (Wildman–Crippen MR) is 161 cm³/mol. The zero-order valence-electron chi connectivity index (χ0n) is 19.5. The lowest BCUT2D eigenvalue weighted by Crippen LogP contribution is -2.29. The van der Waals surface area contributed by atoms with E-state index in [0.717, 1.165) is 19.0 Å². The van der Waals surface area contributed by atoms with E-state index in [2.05, 4.69) is 68.8 Å². The number of fused-ring (bicyclic) bond motifs is 1. The maximum atomic E-state index is 13.5. The van der Waals surface area contributed by atoms with Gasteiger partial charge >= 0.3 is 0 Å². The van der Waals surface area contributed by atoms with Gasteiger partial charge in [0.25, 0.3) is 5.56 Å². The van der Waals surface area contributed by atoms with E-state index >= 15 is 0 Å². The van der Waals surface area contributed by atoms with Crippen molar-refractivity contribution in [2.45, 2.75) is 32.8 Å². The molecule has 0 atom stereocenters. The van der Waals surface area contributed by atoms with Gasteiger partial charge in [-0.3, -0.25) is 4.79 Å². The molecular formula is C26H20Br4ClN3O2. The van der Waals surface area contributed by atoms with Gasteiger partial charge in [-0.15, -0.1) is 0 Å². The van der Waals surface area contributed by atoms with E-state index < -0.39 is 5.41 Å². The Balaban J connectivity index is 1.80. The third-order valence-electron chi connectivity index (χ3n) is 5.22. The highest BCUT2D eigenvalue weighted by atomic mass is 79.9. The number of aromatic nitrogens is 2. The number of rotatable bonds is 5. The molecule has 0 unspecified atom stereocenters. The molecule has 0 N–H and O–H groups in total.